The van der Waals surface area contributed by atoms with Crippen LogP contribution in [0.1, 0.15) is 49.8 Å². The predicted molar refractivity (Wildman–Crippen MR) is 97.1 cm³/mol. The molecule has 1 fully saturated rings. The number of hydrogen-bond donors (Lipinski definition) is 2. The Balaban J connectivity index is 1.87. The third-order valence-corrected chi connectivity index (χ3v) is 4.85. The van der Waals surface area contributed by atoms with Gasteiger partial charge in [-0.05, 0) is 42.7 Å². The molecule has 0 unspecified atom stereocenters. The van der Waals surface area contributed by atoms with Crippen molar-refractivity contribution in [2.75, 3.05) is 0 Å². The molecule has 5 nitrogen and oxygen atoms in total. The minimum atomic E-state index is -0.609. The summed E-state index contributed by atoms with van der Waals surface area (Å²) in [5, 5.41) is 2.94. The van der Waals surface area contributed by atoms with E-state index in [0.29, 0.717) is 18.1 Å². The fourth-order valence-corrected chi connectivity index (χ4v) is 3.60. The molecule has 26 heavy (non-hydrogen) atoms. The summed E-state index contributed by atoms with van der Waals surface area (Å²) < 4.78 is 19.1. The zero-order valence-electron chi connectivity index (χ0n) is 14.7. The van der Waals surface area contributed by atoms with E-state index >= 15 is 0 Å². The van der Waals surface area contributed by atoms with Crippen molar-refractivity contribution in [1.82, 2.24) is 10.3 Å². The number of hydrogen-bond acceptors (Lipinski definition) is 3. The van der Waals surface area contributed by atoms with Gasteiger partial charge in [-0.3, -0.25) is 4.98 Å². The molecule has 1 aliphatic rings. The maximum Gasteiger partial charge on any atom is 0.312 e. The molecule has 6 heteroatoms. The Kier molecular flexibility index (Phi) is 5.71. The molecule has 0 saturated heterocycles. The molecule has 2 aromatic rings. The Morgan fingerprint density at radius 1 is 1.15 bits per heavy atom. The van der Waals surface area contributed by atoms with E-state index in [9.17, 15) is 9.18 Å². The van der Waals surface area contributed by atoms with E-state index in [2.05, 4.69) is 10.3 Å². The first-order valence-corrected chi connectivity index (χ1v) is 8.99. The smallest absolute Gasteiger partial charge is 0.312 e. The lowest BCUT2D eigenvalue weighted by Gasteiger charge is -2.33. The van der Waals surface area contributed by atoms with Gasteiger partial charge >= 0.3 is 6.03 Å². The van der Waals surface area contributed by atoms with Gasteiger partial charge in [0, 0.05) is 6.20 Å². The van der Waals surface area contributed by atoms with Crippen LogP contribution in [0.25, 0.3) is 0 Å². The molecule has 3 rings (SSSR count). The molecular weight excluding hydrogens is 333 g/mol. The molecule has 2 amide bonds. The summed E-state index contributed by atoms with van der Waals surface area (Å²) in [6.07, 6.45) is 7.50. The van der Waals surface area contributed by atoms with E-state index in [-0.39, 0.29) is 5.82 Å². The van der Waals surface area contributed by atoms with Crippen LogP contribution in [-0.2, 0) is 12.1 Å². The Hall–Kier alpha value is -2.63. The van der Waals surface area contributed by atoms with E-state index in [1.165, 1.54) is 12.1 Å². The van der Waals surface area contributed by atoms with Crippen molar-refractivity contribution < 1.29 is 13.9 Å². The Bertz CT molecular complexity index is 741. The summed E-state index contributed by atoms with van der Waals surface area (Å²) >= 11 is 0. The normalized spacial score (nSPS) is 16.5. The Labute approximate surface area is 152 Å². The van der Waals surface area contributed by atoms with Crippen molar-refractivity contribution in [3.8, 4) is 5.75 Å². The number of primary amides is 1. The number of nitrogens with two attached hydrogens (primary N) is 1. The van der Waals surface area contributed by atoms with Crippen molar-refractivity contribution in [1.29, 1.82) is 0 Å². The summed E-state index contributed by atoms with van der Waals surface area (Å²) in [6.45, 7) is 0.297. The number of carbonyl (C=O) groups is 1. The fraction of sp³-hybridized carbons (Fsp3) is 0.400. The molecular formula is C20H24FN3O2. The van der Waals surface area contributed by atoms with Crippen LogP contribution in [0.3, 0.4) is 0 Å². The molecule has 0 radical (unpaired) electrons. The molecule has 0 aliphatic heterocycles. The Morgan fingerprint density at radius 2 is 1.85 bits per heavy atom. The number of halogens is 1. The van der Waals surface area contributed by atoms with E-state index in [0.717, 1.165) is 44.1 Å². The second kappa shape index (κ2) is 8.17. The number of carbonyl (C=O) groups excluding carboxylic acids is 1. The summed E-state index contributed by atoms with van der Waals surface area (Å²) in [5.74, 6) is 0.339. The standard InChI is InChI=1S/C20H24FN3O2/c21-16-9-7-15(8-10-16)14-26-17-6-5-13-23-18(17)20(24-19(22)25)11-3-1-2-4-12-20/h5-10,13H,1-4,11-12,14H2,(H3,22,24,25). The molecule has 1 saturated carbocycles. The van der Waals surface area contributed by atoms with Crippen LogP contribution in [0.5, 0.6) is 5.75 Å². The lowest BCUT2D eigenvalue weighted by molar-refractivity contribution is 0.218. The molecule has 1 aromatic carbocycles. The van der Waals surface area contributed by atoms with Gasteiger partial charge in [0.2, 0.25) is 0 Å². The van der Waals surface area contributed by atoms with Gasteiger partial charge in [0.05, 0.1) is 5.54 Å². The lowest BCUT2D eigenvalue weighted by atomic mass is 9.85. The number of urea groups is 1. The van der Waals surface area contributed by atoms with Crippen molar-refractivity contribution in [2.24, 2.45) is 5.73 Å². The largest absolute Gasteiger partial charge is 0.487 e. The molecule has 0 atom stereocenters. The highest BCUT2D eigenvalue weighted by Crippen LogP contribution is 2.39. The number of aromatic nitrogens is 1. The minimum absolute atomic E-state index is 0.279. The predicted octanol–water partition coefficient (Wildman–Crippen LogP) is 4.02. The van der Waals surface area contributed by atoms with Gasteiger partial charge < -0.3 is 15.8 Å². The minimum Gasteiger partial charge on any atom is -0.487 e. The third kappa shape index (κ3) is 4.31. The quantitative estimate of drug-likeness (QED) is 0.794. The lowest BCUT2D eigenvalue weighted by Crippen LogP contribution is -2.48. The number of rotatable bonds is 5. The summed E-state index contributed by atoms with van der Waals surface area (Å²) in [5.41, 5.74) is 6.43. The van der Waals surface area contributed by atoms with Crippen molar-refractivity contribution >= 4 is 6.03 Å². The average Bonchev–Trinajstić information content (AvgIpc) is 2.87. The van der Waals surface area contributed by atoms with Crippen molar-refractivity contribution in [2.45, 2.75) is 50.7 Å². The van der Waals surface area contributed by atoms with E-state index in [4.69, 9.17) is 10.5 Å². The van der Waals surface area contributed by atoms with Crippen molar-refractivity contribution in [3.05, 3.63) is 59.7 Å². The van der Waals surface area contributed by atoms with Crippen molar-refractivity contribution in [3.63, 3.8) is 0 Å². The first kappa shape index (κ1) is 18.2. The van der Waals surface area contributed by atoms with Crippen LogP contribution in [0.15, 0.2) is 42.6 Å². The Morgan fingerprint density at radius 3 is 2.50 bits per heavy atom. The highest BCUT2D eigenvalue weighted by atomic mass is 19.1. The maximum atomic E-state index is 13.1. The number of amides is 2. The van der Waals surface area contributed by atoms with E-state index in [1.807, 2.05) is 6.07 Å². The number of ether oxygens (including phenoxy) is 1. The number of nitrogens with one attached hydrogen (secondary N) is 1. The highest BCUT2D eigenvalue weighted by Gasteiger charge is 2.37. The van der Waals surface area contributed by atoms with Crippen LogP contribution in [0.2, 0.25) is 0 Å². The zero-order chi connectivity index (χ0) is 18.4. The van der Waals surface area contributed by atoms with Crippen LogP contribution >= 0.6 is 0 Å². The molecule has 0 bridgehead atoms. The molecule has 3 N–H and O–H groups in total. The number of pyridine rings is 1. The van der Waals surface area contributed by atoms with Crippen LogP contribution < -0.4 is 15.8 Å². The fourth-order valence-electron chi connectivity index (χ4n) is 3.60. The van der Waals surface area contributed by atoms with E-state index in [1.54, 1.807) is 24.4 Å². The van der Waals surface area contributed by atoms with Crippen LogP contribution in [0, 0.1) is 5.82 Å². The number of nitrogens with zero attached hydrogens (tertiary/aromatic N) is 1. The first-order valence-electron chi connectivity index (χ1n) is 8.99. The summed E-state index contributed by atoms with van der Waals surface area (Å²) in [4.78, 5) is 16.2. The zero-order valence-corrected chi connectivity index (χ0v) is 14.7. The van der Waals surface area contributed by atoms with Gasteiger partial charge in [-0.1, -0.05) is 37.8 Å². The van der Waals surface area contributed by atoms with Gasteiger partial charge in [0.25, 0.3) is 0 Å². The molecule has 0 spiro atoms. The second-order valence-electron chi connectivity index (χ2n) is 6.75. The average molecular weight is 357 g/mol. The second-order valence-corrected chi connectivity index (χ2v) is 6.75. The SMILES string of the molecule is NC(=O)NC1(c2ncccc2OCc2ccc(F)cc2)CCCCCC1. The first-order chi connectivity index (χ1) is 12.6. The van der Waals surface area contributed by atoms with Crippen LogP contribution in [0.4, 0.5) is 9.18 Å². The van der Waals surface area contributed by atoms with Gasteiger partial charge in [0.15, 0.2) is 0 Å². The summed E-state index contributed by atoms with van der Waals surface area (Å²) in [6, 6.07) is 9.29. The van der Waals surface area contributed by atoms with Crippen LogP contribution in [-0.4, -0.2) is 11.0 Å². The topological polar surface area (TPSA) is 77.2 Å². The third-order valence-electron chi connectivity index (χ3n) is 4.85. The monoisotopic (exact) mass is 357 g/mol. The van der Waals surface area contributed by atoms with Gasteiger partial charge in [-0.15, -0.1) is 0 Å². The molecule has 1 aliphatic carbocycles. The summed E-state index contributed by atoms with van der Waals surface area (Å²) in [7, 11) is 0. The van der Waals surface area contributed by atoms with Gasteiger partial charge in [-0.2, -0.15) is 0 Å². The maximum absolute atomic E-state index is 13.1. The van der Waals surface area contributed by atoms with Gasteiger partial charge in [0.1, 0.15) is 23.9 Å². The van der Waals surface area contributed by atoms with Gasteiger partial charge in [-0.25, -0.2) is 9.18 Å². The number of benzene rings is 1. The molecule has 138 valence electrons. The molecule has 1 aromatic heterocycles. The van der Waals surface area contributed by atoms with E-state index < -0.39 is 11.6 Å². The molecule has 1 heterocycles. The highest BCUT2D eigenvalue weighted by molar-refractivity contribution is 5.73.